The second kappa shape index (κ2) is 9.74. The Balaban J connectivity index is 1.27. The number of ether oxygens (including phenoxy) is 2. The lowest BCUT2D eigenvalue weighted by atomic mass is 10.1. The summed E-state index contributed by atoms with van der Waals surface area (Å²) in [5, 5.41) is 12.3. The maximum absolute atomic E-state index is 12.3. The number of carbonyl (C=O) groups is 1. The van der Waals surface area contributed by atoms with E-state index < -0.39 is 0 Å². The molecule has 1 N–H and O–H groups in total. The van der Waals surface area contributed by atoms with Crippen LogP contribution in [0.25, 0.3) is 0 Å². The van der Waals surface area contributed by atoms with E-state index in [-0.39, 0.29) is 5.91 Å². The van der Waals surface area contributed by atoms with E-state index >= 15 is 0 Å². The van der Waals surface area contributed by atoms with E-state index in [1.807, 2.05) is 36.4 Å². The van der Waals surface area contributed by atoms with Gasteiger partial charge in [-0.05, 0) is 36.2 Å². The standard InChI is InChI=1S/C22H25N5O3S/c1-29-18-9-8-16(14-19(18)30-2)10-11-23-20(28)15-31-22-25-24-21-26(12-13-27(21)22)17-6-4-3-5-7-17/h3-9,14H,10-13,15H2,1-2H3,(H,23,28). The number of aromatic nitrogens is 3. The average Bonchev–Trinajstić information content (AvgIpc) is 3.40. The predicted molar refractivity (Wildman–Crippen MR) is 120 cm³/mol. The highest BCUT2D eigenvalue weighted by atomic mass is 32.2. The topological polar surface area (TPSA) is 81.5 Å². The van der Waals surface area contributed by atoms with Crippen molar-refractivity contribution in [2.24, 2.45) is 0 Å². The van der Waals surface area contributed by atoms with Crippen LogP contribution in [0.15, 0.2) is 53.7 Å². The van der Waals surface area contributed by atoms with Gasteiger partial charge in [-0.3, -0.25) is 9.36 Å². The van der Waals surface area contributed by atoms with E-state index in [2.05, 4.69) is 37.1 Å². The van der Waals surface area contributed by atoms with Crippen molar-refractivity contribution >= 4 is 29.3 Å². The molecule has 0 aliphatic carbocycles. The quantitative estimate of drug-likeness (QED) is 0.514. The Labute approximate surface area is 185 Å². The molecule has 1 aliphatic rings. The predicted octanol–water partition coefficient (Wildman–Crippen LogP) is 2.90. The molecule has 2 aromatic carbocycles. The molecule has 0 saturated carbocycles. The largest absolute Gasteiger partial charge is 0.493 e. The lowest BCUT2D eigenvalue weighted by molar-refractivity contribution is -0.118. The number of hydrogen-bond donors (Lipinski definition) is 1. The summed E-state index contributed by atoms with van der Waals surface area (Å²) in [5.74, 6) is 2.48. The molecule has 1 aliphatic heterocycles. The molecule has 0 spiro atoms. The molecule has 9 heteroatoms. The minimum Gasteiger partial charge on any atom is -0.493 e. The van der Waals surface area contributed by atoms with Gasteiger partial charge in [0.15, 0.2) is 16.7 Å². The molecule has 0 unspecified atom stereocenters. The third kappa shape index (κ3) is 4.77. The summed E-state index contributed by atoms with van der Waals surface area (Å²) < 4.78 is 12.6. The molecule has 0 atom stereocenters. The van der Waals surface area contributed by atoms with Crippen molar-refractivity contribution in [2.45, 2.75) is 18.1 Å². The number of amides is 1. The number of fused-ring (bicyclic) bond motifs is 1. The molecule has 3 aromatic rings. The van der Waals surface area contributed by atoms with Crippen LogP contribution in [0, 0.1) is 0 Å². The summed E-state index contributed by atoms with van der Waals surface area (Å²) in [6, 6.07) is 15.9. The van der Waals surface area contributed by atoms with Gasteiger partial charge < -0.3 is 19.7 Å². The van der Waals surface area contributed by atoms with Crippen LogP contribution in [0.2, 0.25) is 0 Å². The number of nitrogens with one attached hydrogen (secondary N) is 1. The third-order valence-electron chi connectivity index (χ3n) is 5.07. The zero-order chi connectivity index (χ0) is 21.6. The first-order valence-electron chi connectivity index (χ1n) is 10.1. The van der Waals surface area contributed by atoms with Crippen molar-refractivity contribution in [3.8, 4) is 11.5 Å². The van der Waals surface area contributed by atoms with Crippen LogP contribution in [0.4, 0.5) is 11.6 Å². The molecule has 0 fully saturated rings. The fraction of sp³-hybridized carbons (Fsp3) is 0.318. The van der Waals surface area contributed by atoms with Crippen molar-refractivity contribution < 1.29 is 14.3 Å². The van der Waals surface area contributed by atoms with E-state index in [1.165, 1.54) is 11.8 Å². The summed E-state index contributed by atoms with van der Waals surface area (Å²) in [7, 11) is 3.22. The van der Waals surface area contributed by atoms with E-state index in [1.54, 1.807) is 14.2 Å². The third-order valence-corrected chi connectivity index (χ3v) is 6.04. The maximum Gasteiger partial charge on any atom is 0.232 e. The van der Waals surface area contributed by atoms with Gasteiger partial charge in [-0.1, -0.05) is 36.0 Å². The monoisotopic (exact) mass is 439 g/mol. The van der Waals surface area contributed by atoms with E-state index in [9.17, 15) is 4.79 Å². The van der Waals surface area contributed by atoms with E-state index in [0.717, 1.165) is 35.4 Å². The van der Waals surface area contributed by atoms with Crippen molar-refractivity contribution in [3.63, 3.8) is 0 Å². The first-order valence-corrected chi connectivity index (χ1v) is 11.0. The normalized spacial score (nSPS) is 12.5. The number of rotatable bonds is 9. The average molecular weight is 440 g/mol. The molecule has 0 radical (unpaired) electrons. The molecule has 2 heterocycles. The molecule has 0 bridgehead atoms. The fourth-order valence-corrected chi connectivity index (χ4v) is 4.29. The first-order chi connectivity index (χ1) is 15.2. The summed E-state index contributed by atoms with van der Waals surface area (Å²) in [6.45, 7) is 2.20. The van der Waals surface area contributed by atoms with Gasteiger partial charge in [-0.25, -0.2) is 0 Å². The highest BCUT2D eigenvalue weighted by Gasteiger charge is 2.26. The van der Waals surface area contributed by atoms with Crippen LogP contribution in [0.5, 0.6) is 11.5 Å². The zero-order valence-corrected chi connectivity index (χ0v) is 18.4. The second-order valence-corrected chi connectivity index (χ2v) is 7.94. The molecule has 1 amide bonds. The number of hydrogen-bond acceptors (Lipinski definition) is 7. The minimum absolute atomic E-state index is 0.0271. The van der Waals surface area contributed by atoms with Crippen LogP contribution in [0.3, 0.4) is 0 Å². The summed E-state index contributed by atoms with van der Waals surface area (Å²) in [6.07, 6.45) is 0.711. The first kappa shape index (κ1) is 21.0. The van der Waals surface area contributed by atoms with E-state index in [0.29, 0.717) is 30.2 Å². The van der Waals surface area contributed by atoms with Crippen molar-refractivity contribution in [1.29, 1.82) is 0 Å². The van der Waals surface area contributed by atoms with Crippen molar-refractivity contribution in [2.75, 3.05) is 38.0 Å². The van der Waals surface area contributed by atoms with Gasteiger partial charge in [0.2, 0.25) is 11.9 Å². The van der Waals surface area contributed by atoms with Crippen molar-refractivity contribution in [1.82, 2.24) is 20.1 Å². The molecular formula is C22H25N5O3S. The highest BCUT2D eigenvalue weighted by Crippen LogP contribution is 2.31. The van der Waals surface area contributed by atoms with Gasteiger partial charge in [0.1, 0.15) is 0 Å². The van der Waals surface area contributed by atoms with Gasteiger partial charge in [0.05, 0.1) is 20.0 Å². The van der Waals surface area contributed by atoms with Crippen molar-refractivity contribution in [3.05, 3.63) is 54.1 Å². The Hall–Kier alpha value is -3.20. The zero-order valence-electron chi connectivity index (χ0n) is 17.6. The van der Waals surface area contributed by atoms with Gasteiger partial charge >= 0.3 is 0 Å². The summed E-state index contributed by atoms with van der Waals surface area (Å²) in [5.41, 5.74) is 2.17. The number of anilines is 2. The minimum atomic E-state index is -0.0271. The van der Waals surface area contributed by atoms with Crippen LogP contribution in [-0.4, -0.2) is 53.7 Å². The Morgan fingerprint density at radius 1 is 1.06 bits per heavy atom. The van der Waals surface area contributed by atoms with Gasteiger partial charge in [-0.2, -0.15) is 0 Å². The number of methoxy groups -OCH3 is 2. The Bertz CT molecular complexity index is 1040. The molecule has 8 nitrogen and oxygen atoms in total. The number of benzene rings is 2. The Kier molecular flexibility index (Phi) is 6.61. The lowest BCUT2D eigenvalue weighted by Gasteiger charge is -2.14. The fourth-order valence-electron chi connectivity index (χ4n) is 3.50. The lowest BCUT2D eigenvalue weighted by Crippen LogP contribution is -2.27. The number of para-hydroxylation sites is 1. The SMILES string of the molecule is COc1ccc(CCNC(=O)CSc2nnc3n2CCN3c2ccccc2)cc1OC. The smallest absolute Gasteiger partial charge is 0.232 e. The molecule has 162 valence electrons. The Morgan fingerprint density at radius 2 is 1.87 bits per heavy atom. The molecule has 4 rings (SSSR count). The van der Waals surface area contributed by atoms with Crippen LogP contribution in [0.1, 0.15) is 5.56 Å². The molecule has 31 heavy (non-hydrogen) atoms. The summed E-state index contributed by atoms with van der Waals surface area (Å²) >= 11 is 1.41. The van der Waals surface area contributed by atoms with Gasteiger partial charge in [0.25, 0.3) is 0 Å². The number of carbonyl (C=O) groups excluding carboxylic acids is 1. The molecular weight excluding hydrogens is 414 g/mol. The highest BCUT2D eigenvalue weighted by molar-refractivity contribution is 7.99. The maximum atomic E-state index is 12.3. The summed E-state index contributed by atoms with van der Waals surface area (Å²) in [4.78, 5) is 14.4. The number of nitrogens with zero attached hydrogens (tertiary/aromatic N) is 4. The number of thioether (sulfide) groups is 1. The van der Waals surface area contributed by atoms with E-state index in [4.69, 9.17) is 9.47 Å². The molecule has 1 aromatic heterocycles. The van der Waals surface area contributed by atoms with Crippen LogP contribution in [-0.2, 0) is 17.8 Å². The van der Waals surface area contributed by atoms with Gasteiger partial charge in [-0.15, -0.1) is 10.2 Å². The van der Waals surface area contributed by atoms with Crippen LogP contribution >= 0.6 is 11.8 Å². The Morgan fingerprint density at radius 3 is 2.65 bits per heavy atom. The van der Waals surface area contributed by atoms with Gasteiger partial charge in [0, 0.05) is 25.3 Å². The molecule has 0 saturated heterocycles. The van der Waals surface area contributed by atoms with Crippen LogP contribution < -0.4 is 19.7 Å². The second-order valence-electron chi connectivity index (χ2n) is 7.00.